The van der Waals surface area contributed by atoms with Gasteiger partial charge in [0.2, 0.25) is 11.8 Å². The summed E-state index contributed by atoms with van der Waals surface area (Å²) in [6.45, 7) is 10.8. The molecule has 0 bridgehead atoms. The first-order valence-corrected chi connectivity index (χ1v) is 6.16. The summed E-state index contributed by atoms with van der Waals surface area (Å²) in [5.74, 6) is -0.399. The van der Waals surface area contributed by atoms with Crippen molar-refractivity contribution < 1.29 is 9.59 Å². The fraction of sp³-hybridized carbons (Fsp3) is 0.833. The van der Waals surface area contributed by atoms with E-state index in [1.54, 1.807) is 4.90 Å². The van der Waals surface area contributed by atoms with Gasteiger partial charge in [-0.3, -0.25) is 9.59 Å². The number of carbonyl (C=O) groups is 2. The van der Waals surface area contributed by atoms with Crippen LogP contribution < -0.4 is 5.73 Å². The van der Waals surface area contributed by atoms with E-state index in [1.165, 1.54) is 6.92 Å². The van der Waals surface area contributed by atoms with E-state index in [0.717, 1.165) is 19.4 Å². The maximum atomic E-state index is 10.9. The number of nitrogens with two attached hydrogens (primary N) is 1. The molecule has 1 fully saturated rings. The Morgan fingerprint density at radius 3 is 2.06 bits per heavy atom. The third-order valence-electron chi connectivity index (χ3n) is 2.27. The van der Waals surface area contributed by atoms with Crippen LogP contribution in [0.5, 0.6) is 0 Å². The Morgan fingerprint density at radius 2 is 1.69 bits per heavy atom. The van der Waals surface area contributed by atoms with Crippen molar-refractivity contribution in [3.8, 4) is 0 Å². The molecule has 0 spiro atoms. The van der Waals surface area contributed by atoms with E-state index >= 15 is 0 Å². The summed E-state index contributed by atoms with van der Waals surface area (Å²) in [5.41, 5.74) is 5.15. The zero-order valence-corrected chi connectivity index (χ0v) is 11.2. The zero-order valence-electron chi connectivity index (χ0n) is 11.2. The van der Waals surface area contributed by atoms with E-state index in [2.05, 4.69) is 0 Å². The summed E-state index contributed by atoms with van der Waals surface area (Å²) < 4.78 is 0. The van der Waals surface area contributed by atoms with E-state index in [0.29, 0.717) is 6.54 Å². The topological polar surface area (TPSA) is 63.4 Å². The predicted octanol–water partition coefficient (Wildman–Crippen LogP) is 1.78. The van der Waals surface area contributed by atoms with Crippen molar-refractivity contribution in [1.82, 2.24) is 4.90 Å². The van der Waals surface area contributed by atoms with Gasteiger partial charge in [0.25, 0.3) is 0 Å². The molecule has 0 aromatic heterocycles. The van der Waals surface area contributed by atoms with Gasteiger partial charge >= 0.3 is 0 Å². The number of hydrogen-bond acceptors (Lipinski definition) is 2. The van der Waals surface area contributed by atoms with Gasteiger partial charge in [-0.05, 0) is 12.8 Å². The van der Waals surface area contributed by atoms with Crippen LogP contribution in [-0.2, 0) is 9.59 Å². The minimum absolute atomic E-state index is 0.0287. The van der Waals surface area contributed by atoms with Crippen molar-refractivity contribution in [3.63, 3.8) is 0 Å². The molecule has 0 saturated carbocycles. The molecule has 4 nitrogen and oxygen atoms in total. The average molecular weight is 230 g/mol. The van der Waals surface area contributed by atoms with Gasteiger partial charge in [0.05, 0.1) is 5.92 Å². The normalized spacial score (nSPS) is 18.6. The molecule has 1 rings (SSSR count). The fourth-order valence-electron chi connectivity index (χ4n) is 1.50. The molecule has 1 atom stereocenters. The van der Waals surface area contributed by atoms with Gasteiger partial charge in [-0.2, -0.15) is 0 Å². The summed E-state index contributed by atoms with van der Waals surface area (Å²) in [7, 11) is 0. The lowest BCUT2D eigenvalue weighted by Gasteiger charge is -2.30. The summed E-state index contributed by atoms with van der Waals surface area (Å²) in [6.07, 6.45) is 1.70. The molecule has 0 aromatic rings. The van der Waals surface area contributed by atoms with Crippen LogP contribution in [-0.4, -0.2) is 29.8 Å². The minimum Gasteiger partial charge on any atom is -0.369 e. The Kier molecular flexibility index (Phi) is 11.3. The molecule has 16 heavy (non-hydrogen) atoms. The maximum absolute atomic E-state index is 10.9. The monoisotopic (exact) mass is 230 g/mol. The highest BCUT2D eigenvalue weighted by atomic mass is 16.2. The molecule has 1 aliphatic heterocycles. The van der Waals surface area contributed by atoms with Gasteiger partial charge in [-0.15, -0.1) is 0 Å². The van der Waals surface area contributed by atoms with Crippen molar-refractivity contribution in [3.05, 3.63) is 0 Å². The highest BCUT2D eigenvalue weighted by Gasteiger charge is 2.24. The highest BCUT2D eigenvalue weighted by molar-refractivity contribution is 5.79. The number of carbonyl (C=O) groups excluding carboxylic acids is 2. The standard InChI is InChI=1S/C8H14N2O2.2C2H6/c1-6(11)10-4-2-3-7(5-10)8(9)12;2*1-2/h7H,2-5H2,1H3,(H2,9,12);2*1-2H3. The molecule has 2 N–H and O–H groups in total. The number of rotatable bonds is 1. The number of primary amides is 1. The molecule has 1 aliphatic rings. The molecule has 0 aliphatic carbocycles. The molecule has 96 valence electrons. The molecular weight excluding hydrogens is 204 g/mol. The first-order valence-electron chi connectivity index (χ1n) is 6.16. The smallest absolute Gasteiger partial charge is 0.222 e. The zero-order chi connectivity index (χ0) is 13.1. The van der Waals surface area contributed by atoms with Crippen LogP contribution in [0, 0.1) is 5.92 Å². The van der Waals surface area contributed by atoms with Crippen molar-refractivity contribution in [2.24, 2.45) is 11.7 Å². The molecule has 0 radical (unpaired) electrons. The quantitative estimate of drug-likeness (QED) is 0.746. The van der Waals surface area contributed by atoms with Gasteiger partial charge in [0.15, 0.2) is 0 Å². The number of amides is 2. The molecule has 0 aromatic carbocycles. The molecule has 1 saturated heterocycles. The minimum atomic E-state index is -0.291. The first-order chi connectivity index (χ1) is 7.61. The maximum Gasteiger partial charge on any atom is 0.222 e. The third-order valence-corrected chi connectivity index (χ3v) is 2.27. The van der Waals surface area contributed by atoms with E-state index in [9.17, 15) is 9.59 Å². The number of hydrogen-bond donors (Lipinski definition) is 1. The first kappa shape index (κ1) is 17.3. The average Bonchev–Trinajstić information content (AvgIpc) is 2.34. The van der Waals surface area contributed by atoms with Crippen molar-refractivity contribution in [2.45, 2.75) is 47.5 Å². The van der Waals surface area contributed by atoms with Crippen LogP contribution in [0.25, 0.3) is 0 Å². The summed E-state index contributed by atoms with van der Waals surface area (Å²) >= 11 is 0. The molecule has 1 unspecified atom stereocenters. The predicted molar refractivity (Wildman–Crippen MR) is 66.9 cm³/mol. The number of nitrogens with zero attached hydrogens (tertiary/aromatic N) is 1. The van der Waals surface area contributed by atoms with E-state index in [4.69, 9.17) is 5.73 Å². The largest absolute Gasteiger partial charge is 0.369 e. The van der Waals surface area contributed by atoms with Gasteiger partial charge in [0, 0.05) is 20.0 Å². The van der Waals surface area contributed by atoms with Gasteiger partial charge in [0.1, 0.15) is 0 Å². The number of piperidine rings is 1. The second kappa shape index (κ2) is 10.5. The molecular formula is C12H26N2O2. The Balaban J connectivity index is 0. The van der Waals surface area contributed by atoms with Gasteiger partial charge < -0.3 is 10.6 Å². The SMILES string of the molecule is CC.CC.CC(=O)N1CCCC(C(N)=O)C1. The van der Waals surface area contributed by atoms with Crippen LogP contribution in [0.2, 0.25) is 0 Å². The van der Waals surface area contributed by atoms with Crippen LogP contribution in [0.3, 0.4) is 0 Å². The lowest BCUT2D eigenvalue weighted by Crippen LogP contribution is -2.43. The fourth-order valence-corrected chi connectivity index (χ4v) is 1.50. The Hall–Kier alpha value is -1.06. The van der Waals surface area contributed by atoms with Crippen LogP contribution in [0.1, 0.15) is 47.5 Å². The van der Waals surface area contributed by atoms with Crippen LogP contribution in [0.15, 0.2) is 0 Å². The summed E-state index contributed by atoms with van der Waals surface area (Å²) in [6, 6.07) is 0. The van der Waals surface area contributed by atoms with E-state index in [1.807, 2.05) is 27.7 Å². The lowest BCUT2D eigenvalue weighted by atomic mass is 9.97. The Morgan fingerprint density at radius 1 is 1.19 bits per heavy atom. The summed E-state index contributed by atoms with van der Waals surface area (Å²) in [5, 5.41) is 0. The Bertz CT molecular complexity index is 185. The summed E-state index contributed by atoms with van der Waals surface area (Å²) in [4.78, 5) is 23.4. The van der Waals surface area contributed by atoms with Crippen molar-refractivity contribution in [2.75, 3.05) is 13.1 Å². The van der Waals surface area contributed by atoms with Gasteiger partial charge in [-0.25, -0.2) is 0 Å². The lowest BCUT2D eigenvalue weighted by molar-refractivity contribution is -0.132. The van der Waals surface area contributed by atoms with E-state index in [-0.39, 0.29) is 17.7 Å². The molecule has 2 amide bonds. The highest BCUT2D eigenvalue weighted by Crippen LogP contribution is 2.15. The molecule has 4 heteroatoms. The van der Waals surface area contributed by atoms with Crippen molar-refractivity contribution >= 4 is 11.8 Å². The van der Waals surface area contributed by atoms with Gasteiger partial charge in [-0.1, -0.05) is 27.7 Å². The van der Waals surface area contributed by atoms with Crippen LogP contribution in [0.4, 0.5) is 0 Å². The Labute approximate surface area is 99.2 Å². The van der Waals surface area contributed by atoms with Crippen LogP contribution >= 0.6 is 0 Å². The molecule has 1 heterocycles. The number of likely N-dealkylation sites (tertiary alicyclic amines) is 1. The van der Waals surface area contributed by atoms with E-state index < -0.39 is 0 Å². The second-order valence-electron chi connectivity index (χ2n) is 3.21. The third kappa shape index (κ3) is 6.43. The van der Waals surface area contributed by atoms with Crippen molar-refractivity contribution in [1.29, 1.82) is 0 Å². The second-order valence-corrected chi connectivity index (χ2v) is 3.21.